The first-order valence-electron chi connectivity index (χ1n) is 10.2. The van der Waals surface area contributed by atoms with E-state index in [4.69, 9.17) is 16.3 Å². The van der Waals surface area contributed by atoms with E-state index in [0.29, 0.717) is 16.8 Å². The lowest BCUT2D eigenvalue weighted by molar-refractivity contribution is -0.133. The summed E-state index contributed by atoms with van der Waals surface area (Å²) in [6.45, 7) is -0.640. The van der Waals surface area contributed by atoms with Crippen LogP contribution in [0, 0.1) is 5.82 Å². The fraction of sp³-hybridized carbons (Fsp3) is 0.120. The van der Waals surface area contributed by atoms with Crippen molar-refractivity contribution >= 4 is 41.0 Å². The zero-order valence-electron chi connectivity index (χ0n) is 18.0. The van der Waals surface area contributed by atoms with Crippen molar-refractivity contribution in [3.8, 4) is 0 Å². The molecular weight excluding hydrogens is 463 g/mol. The van der Waals surface area contributed by atoms with Crippen LogP contribution in [0.3, 0.4) is 0 Å². The van der Waals surface area contributed by atoms with E-state index in [1.54, 1.807) is 24.3 Å². The number of likely N-dealkylation sites (N-methyl/N-ethyl adjacent to an activating group) is 1. The van der Waals surface area contributed by atoms with E-state index in [2.05, 4.69) is 0 Å². The van der Waals surface area contributed by atoms with Gasteiger partial charge in [-0.2, -0.15) is 0 Å². The first-order chi connectivity index (χ1) is 16.3. The normalized spacial score (nSPS) is 12.5. The van der Waals surface area contributed by atoms with Crippen molar-refractivity contribution in [1.82, 2.24) is 4.90 Å². The molecule has 7 nitrogen and oxygen atoms in total. The Morgan fingerprint density at radius 2 is 1.56 bits per heavy atom. The van der Waals surface area contributed by atoms with Crippen LogP contribution in [0.25, 0.3) is 0 Å². The molecule has 0 spiro atoms. The molecule has 0 saturated carbocycles. The molecule has 0 saturated heterocycles. The first-order valence-corrected chi connectivity index (χ1v) is 10.6. The van der Waals surface area contributed by atoms with Crippen molar-refractivity contribution in [2.45, 2.75) is 6.54 Å². The van der Waals surface area contributed by atoms with Gasteiger partial charge in [0.2, 0.25) is 0 Å². The lowest BCUT2D eigenvalue weighted by atomic mass is 10.1. The van der Waals surface area contributed by atoms with Crippen molar-refractivity contribution in [2.24, 2.45) is 0 Å². The van der Waals surface area contributed by atoms with Gasteiger partial charge < -0.3 is 9.64 Å². The fourth-order valence-electron chi connectivity index (χ4n) is 3.50. The second-order valence-corrected chi connectivity index (χ2v) is 7.97. The lowest BCUT2D eigenvalue weighted by Gasteiger charge is -2.18. The fourth-order valence-corrected chi connectivity index (χ4v) is 3.72. The van der Waals surface area contributed by atoms with Gasteiger partial charge in [-0.1, -0.05) is 29.8 Å². The molecule has 0 aromatic heterocycles. The molecule has 0 aliphatic carbocycles. The Morgan fingerprint density at radius 3 is 2.15 bits per heavy atom. The van der Waals surface area contributed by atoms with Gasteiger partial charge in [0, 0.05) is 24.2 Å². The number of fused-ring (bicyclic) bond motifs is 1. The van der Waals surface area contributed by atoms with Crippen LogP contribution in [0.15, 0.2) is 66.7 Å². The van der Waals surface area contributed by atoms with Crippen LogP contribution < -0.4 is 4.90 Å². The van der Waals surface area contributed by atoms with Gasteiger partial charge >= 0.3 is 5.97 Å². The van der Waals surface area contributed by atoms with E-state index in [9.17, 15) is 23.6 Å². The number of carbonyl (C=O) groups excluding carboxylic acids is 4. The second kappa shape index (κ2) is 9.44. The molecule has 0 bridgehead atoms. The summed E-state index contributed by atoms with van der Waals surface area (Å²) in [5.41, 5.74) is 1.23. The SMILES string of the molecule is CN(Cc1c(F)cccc1Cl)C(=O)COC(=O)c1ccc(N2C(=O)c3ccccc3C2=O)cc1. The summed E-state index contributed by atoms with van der Waals surface area (Å²) in [5, 5.41) is 0.190. The second-order valence-electron chi connectivity index (χ2n) is 7.56. The van der Waals surface area contributed by atoms with E-state index in [1.165, 1.54) is 54.4 Å². The molecule has 0 atom stereocenters. The number of carbonyl (C=O) groups is 4. The zero-order valence-corrected chi connectivity index (χ0v) is 18.7. The molecule has 0 radical (unpaired) electrons. The van der Waals surface area contributed by atoms with Gasteiger partial charge in [0.1, 0.15) is 5.82 Å². The summed E-state index contributed by atoms with van der Waals surface area (Å²) in [6, 6.07) is 16.4. The van der Waals surface area contributed by atoms with E-state index >= 15 is 0 Å². The molecule has 0 fully saturated rings. The number of ether oxygens (including phenoxy) is 1. The molecular formula is C25H18ClFN2O5. The molecule has 4 rings (SSSR count). The van der Waals surface area contributed by atoms with Crippen LogP contribution in [0.4, 0.5) is 10.1 Å². The molecule has 1 heterocycles. The summed E-state index contributed by atoms with van der Waals surface area (Å²) < 4.78 is 19.0. The van der Waals surface area contributed by atoms with Crippen molar-refractivity contribution in [3.05, 3.63) is 99.8 Å². The van der Waals surface area contributed by atoms with Gasteiger partial charge in [-0.15, -0.1) is 0 Å². The predicted molar refractivity (Wildman–Crippen MR) is 122 cm³/mol. The predicted octanol–water partition coefficient (Wildman–Crippen LogP) is 4.10. The Morgan fingerprint density at radius 1 is 0.941 bits per heavy atom. The number of rotatable bonds is 6. The highest BCUT2D eigenvalue weighted by Crippen LogP contribution is 2.28. The quantitative estimate of drug-likeness (QED) is 0.392. The largest absolute Gasteiger partial charge is 0.452 e. The Kier molecular flexibility index (Phi) is 6.43. The highest BCUT2D eigenvalue weighted by molar-refractivity contribution is 6.34. The maximum Gasteiger partial charge on any atom is 0.338 e. The average Bonchev–Trinajstić information content (AvgIpc) is 3.09. The molecule has 0 unspecified atom stereocenters. The Balaban J connectivity index is 1.37. The number of hydrogen-bond donors (Lipinski definition) is 0. The van der Waals surface area contributed by atoms with Gasteiger partial charge in [-0.05, 0) is 48.5 Å². The van der Waals surface area contributed by atoms with E-state index in [0.717, 1.165) is 4.90 Å². The minimum atomic E-state index is -0.764. The van der Waals surface area contributed by atoms with Crippen LogP contribution in [0.5, 0.6) is 0 Å². The molecule has 0 N–H and O–H groups in total. The number of anilines is 1. The smallest absolute Gasteiger partial charge is 0.338 e. The third kappa shape index (κ3) is 4.40. The third-order valence-corrected chi connectivity index (χ3v) is 5.72. The number of halogens is 2. The number of benzene rings is 3. The van der Waals surface area contributed by atoms with E-state index < -0.39 is 36.1 Å². The molecule has 3 amide bonds. The number of nitrogens with zero attached hydrogens (tertiary/aromatic N) is 2. The number of esters is 1. The van der Waals surface area contributed by atoms with Crippen molar-refractivity contribution in [1.29, 1.82) is 0 Å². The molecule has 9 heteroatoms. The van der Waals surface area contributed by atoms with Crippen LogP contribution in [-0.2, 0) is 16.1 Å². The van der Waals surface area contributed by atoms with Crippen LogP contribution in [0.2, 0.25) is 5.02 Å². The van der Waals surface area contributed by atoms with Crippen molar-refractivity contribution in [3.63, 3.8) is 0 Å². The standard InChI is InChI=1S/C25H18ClFN2O5/c1-28(13-19-20(26)7-4-8-21(19)27)22(30)14-34-25(33)15-9-11-16(12-10-15)29-23(31)17-5-2-3-6-18(17)24(29)32/h2-12H,13-14H2,1H3. The van der Waals surface area contributed by atoms with Gasteiger partial charge in [0.05, 0.1) is 22.4 Å². The van der Waals surface area contributed by atoms with Gasteiger partial charge in [-0.25, -0.2) is 14.1 Å². The van der Waals surface area contributed by atoms with Crippen molar-refractivity contribution < 1.29 is 28.3 Å². The van der Waals surface area contributed by atoms with Crippen LogP contribution >= 0.6 is 11.6 Å². The number of hydrogen-bond acceptors (Lipinski definition) is 5. The number of imide groups is 1. The Hall–Kier alpha value is -4.04. The van der Waals surface area contributed by atoms with E-state index in [-0.39, 0.29) is 22.7 Å². The third-order valence-electron chi connectivity index (χ3n) is 5.36. The van der Waals surface area contributed by atoms with Gasteiger partial charge in [0.25, 0.3) is 17.7 Å². The number of amides is 3. The minimum absolute atomic E-state index is 0.0864. The Labute approximate surface area is 199 Å². The molecule has 34 heavy (non-hydrogen) atoms. The van der Waals surface area contributed by atoms with Crippen LogP contribution in [-0.4, -0.2) is 42.2 Å². The van der Waals surface area contributed by atoms with E-state index in [1.807, 2.05) is 0 Å². The highest BCUT2D eigenvalue weighted by Gasteiger charge is 2.36. The summed E-state index contributed by atoms with van der Waals surface area (Å²) in [5.74, 6) is -2.74. The lowest BCUT2D eigenvalue weighted by Crippen LogP contribution is -2.31. The molecule has 3 aromatic rings. The molecule has 3 aromatic carbocycles. The summed E-state index contributed by atoms with van der Waals surface area (Å²) in [4.78, 5) is 52.1. The molecule has 1 aliphatic rings. The first kappa shape index (κ1) is 23.1. The monoisotopic (exact) mass is 480 g/mol. The molecule has 172 valence electrons. The maximum absolute atomic E-state index is 13.9. The summed E-state index contributed by atoms with van der Waals surface area (Å²) >= 11 is 5.98. The minimum Gasteiger partial charge on any atom is -0.452 e. The summed E-state index contributed by atoms with van der Waals surface area (Å²) in [6.07, 6.45) is 0. The van der Waals surface area contributed by atoms with Gasteiger partial charge in [0.15, 0.2) is 6.61 Å². The summed E-state index contributed by atoms with van der Waals surface area (Å²) in [7, 11) is 1.44. The highest BCUT2D eigenvalue weighted by atomic mass is 35.5. The molecule has 1 aliphatic heterocycles. The Bertz CT molecular complexity index is 1250. The van der Waals surface area contributed by atoms with Gasteiger partial charge in [-0.3, -0.25) is 14.4 Å². The topological polar surface area (TPSA) is 84.0 Å². The maximum atomic E-state index is 13.9. The van der Waals surface area contributed by atoms with Crippen LogP contribution in [0.1, 0.15) is 36.6 Å². The zero-order chi connectivity index (χ0) is 24.4. The average molecular weight is 481 g/mol. The van der Waals surface area contributed by atoms with Crippen molar-refractivity contribution in [2.75, 3.05) is 18.6 Å².